The van der Waals surface area contributed by atoms with Crippen LogP contribution >= 0.6 is 19.9 Å². The molecule has 0 amide bonds. The van der Waals surface area contributed by atoms with Crippen LogP contribution < -0.4 is 10.6 Å². The minimum absolute atomic E-state index is 0.284. The van der Waals surface area contributed by atoms with Crippen molar-refractivity contribution in [3.63, 3.8) is 0 Å². The molecule has 2 aromatic rings. The van der Waals surface area contributed by atoms with Crippen LogP contribution in [0.25, 0.3) is 0 Å². The van der Waals surface area contributed by atoms with Crippen LogP contribution in [0.3, 0.4) is 0 Å². The van der Waals surface area contributed by atoms with Gasteiger partial charge in [-0.25, -0.2) is 0 Å². The molecule has 0 N–H and O–H groups in total. The van der Waals surface area contributed by atoms with Gasteiger partial charge in [-0.15, -0.1) is 11.8 Å². The van der Waals surface area contributed by atoms with E-state index in [-0.39, 0.29) is 4.75 Å². The maximum atomic E-state index is 6.87. The van der Waals surface area contributed by atoms with Crippen molar-refractivity contribution in [2.75, 3.05) is 0 Å². The summed E-state index contributed by atoms with van der Waals surface area (Å²) in [5.74, 6) is 0. The molecule has 0 unspecified atom stereocenters. The summed E-state index contributed by atoms with van der Waals surface area (Å²) in [4.78, 5) is 0. The topological polar surface area (TPSA) is 9.23 Å². The van der Waals surface area contributed by atoms with Crippen LogP contribution in [0.15, 0.2) is 60.7 Å². The van der Waals surface area contributed by atoms with Crippen LogP contribution in [0.4, 0.5) is 0 Å². The molecule has 134 valence electrons. The average molecular weight is 373 g/mol. The van der Waals surface area contributed by atoms with E-state index in [1.165, 1.54) is 36.3 Å². The average Bonchev–Trinajstić information content (AvgIpc) is 2.61. The summed E-state index contributed by atoms with van der Waals surface area (Å²) >= 11 is 2.10. The van der Waals surface area contributed by atoms with Crippen molar-refractivity contribution in [1.29, 1.82) is 0 Å². The number of benzene rings is 2. The monoisotopic (exact) mass is 372 g/mol. The lowest BCUT2D eigenvalue weighted by molar-refractivity contribution is 0.184. The third-order valence-corrected chi connectivity index (χ3v) is 7.93. The van der Waals surface area contributed by atoms with Gasteiger partial charge in [-0.1, -0.05) is 94.3 Å². The van der Waals surface area contributed by atoms with E-state index in [1.807, 2.05) is 0 Å². The second-order valence-corrected chi connectivity index (χ2v) is 11.6. The number of rotatable bonds is 5. The first-order valence-electron chi connectivity index (χ1n) is 9.28. The summed E-state index contributed by atoms with van der Waals surface area (Å²) in [6.07, 6.45) is 5.44. The van der Waals surface area contributed by atoms with E-state index < -0.39 is 8.15 Å². The zero-order valence-electron chi connectivity index (χ0n) is 15.5. The van der Waals surface area contributed by atoms with Gasteiger partial charge in [-0.3, -0.25) is 0 Å². The lowest BCUT2D eigenvalue weighted by atomic mass is 9.97. The van der Waals surface area contributed by atoms with Gasteiger partial charge in [0, 0.05) is 20.6 Å². The van der Waals surface area contributed by atoms with Crippen LogP contribution in [0.1, 0.15) is 46.5 Å². The second-order valence-electron chi connectivity index (χ2n) is 7.66. The molecule has 1 saturated carbocycles. The van der Waals surface area contributed by atoms with Crippen LogP contribution in [-0.4, -0.2) is 16.1 Å². The predicted molar refractivity (Wildman–Crippen MR) is 114 cm³/mol. The summed E-state index contributed by atoms with van der Waals surface area (Å²) in [6, 6.07) is 21.5. The van der Waals surface area contributed by atoms with Crippen molar-refractivity contribution in [3.05, 3.63) is 60.7 Å². The van der Waals surface area contributed by atoms with Crippen molar-refractivity contribution < 1.29 is 4.52 Å². The molecule has 0 radical (unpaired) electrons. The Morgan fingerprint density at radius 1 is 0.840 bits per heavy atom. The zero-order valence-corrected chi connectivity index (χ0v) is 17.2. The molecule has 1 fully saturated rings. The summed E-state index contributed by atoms with van der Waals surface area (Å²) in [7, 11) is -0.755. The summed E-state index contributed by atoms with van der Waals surface area (Å²) in [5.41, 5.74) is 0. The fraction of sp³-hybridized carbons (Fsp3) is 0.455. The maximum absolute atomic E-state index is 6.87. The zero-order chi connectivity index (χ0) is 17.7. The molecule has 2 aromatic carbocycles. The van der Waals surface area contributed by atoms with E-state index in [0.717, 1.165) is 0 Å². The third-order valence-electron chi connectivity index (χ3n) is 4.37. The van der Waals surface area contributed by atoms with E-state index in [9.17, 15) is 0 Å². The first-order valence-corrected chi connectivity index (χ1v) is 11.4. The summed E-state index contributed by atoms with van der Waals surface area (Å²) in [5, 5.41) is 3.23. The Bertz CT molecular complexity index is 599. The molecule has 0 bridgehead atoms. The van der Waals surface area contributed by atoms with E-state index in [2.05, 4.69) is 93.2 Å². The molecule has 0 saturated heterocycles. The van der Waals surface area contributed by atoms with Crippen molar-refractivity contribution in [1.82, 2.24) is 0 Å². The van der Waals surface area contributed by atoms with Crippen molar-refractivity contribution in [3.8, 4) is 0 Å². The van der Waals surface area contributed by atoms with E-state index in [1.54, 1.807) is 0 Å². The fourth-order valence-electron chi connectivity index (χ4n) is 3.31. The molecule has 1 nitrogen and oxygen atoms in total. The molecule has 2 atom stereocenters. The Labute approximate surface area is 158 Å². The lowest BCUT2D eigenvalue weighted by Gasteiger charge is -2.37. The molecule has 0 aliphatic heterocycles. The Kier molecular flexibility index (Phi) is 6.61. The first-order chi connectivity index (χ1) is 12.0. The van der Waals surface area contributed by atoms with Gasteiger partial charge < -0.3 is 4.52 Å². The molecule has 0 heterocycles. The van der Waals surface area contributed by atoms with Crippen molar-refractivity contribution in [2.24, 2.45) is 0 Å². The van der Waals surface area contributed by atoms with E-state index >= 15 is 0 Å². The van der Waals surface area contributed by atoms with Gasteiger partial charge in [-0.2, -0.15) is 0 Å². The summed E-state index contributed by atoms with van der Waals surface area (Å²) in [6.45, 7) is 6.96. The smallest absolute Gasteiger partial charge is 0.0922 e. The summed E-state index contributed by atoms with van der Waals surface area (Å²) < 4.78 is 7.15. The molecular weight excluding hydrogens is 343 g/mol. The fourth-order valence-corrected chi connectivity index (χ4v) is 6.87. The van der Waals surface area contributed by atoms with E-state index in [0.29, 0.717) is 11.4 Å². The quantitative estimate of drug-likeness (QED) is 0.605. The molecule has 0 aromatic heterocycles. The van der Waals surface area contributed by atoms with E-state index in [4.69, 9.17) is 4.52 Å². The molecule has 1 aliphatic carbocycles. The van der Waals surface area contributed by atoms with Crippen LogP contribution in [0.2, 0.25) is 0 Å². The second kappa shape index (κ2) is 8.71. The maximum Gasteiger partial charge on any atom is 0.0922 e. The van der Waals surface area contributed by atoms with Gasteiger partial charge in [0.05, 0.1) is 14.3 Å². The predicted octanol–water partition coefficient (Wildman–Crippen LogP) is 5.89. The van der Waals surface area contributed by atoms with Crippen LogP contribution in [0.5, 0.6) is 0 Å². The molecule has 25 heavy (non-hydrogen) atoms. The highest BCUT2D eigenvalue weighted by atomic mass is 32.2. The highest BCUT2D eigenvalue weighted by Crippen LogP contribution is 2.44. The largest absolute Gasteiger partial charge is 0.345 e. The van der Waals surface area contributed by atoms with Crippen molar-refractivity contribution >= 4 is 30.5 Å². The number of hydrogen-bond acceptors (Lipinski definition) is 2. The first kappa shape index (κ1) is 19.0. The van der Waals surface area contributed by atoms with Gasteiger partial charge in [0.2, 0.25) is 0 Å². The molecule has 1 aliphatic rings. The highest BCUT2D eigenvalue weighted by molar-refractivity contribution is 8.01. The molecule has 3 rings (SSSR count). The Morgan fingerprint density at radius 2 is 1.36 bits per heavy atom. The van der Waals surface area contributed by atoms with Gasteiger partial charge >= 0.3 is 0 Å². The third kappa shape index (κ3) is 5.58. The van der Waals surface area contributed by atoms with Gasteiger partial charge in [0.25, 0.3) is 0 Å². The Balaban J connectivity index is 1.84. The standard InChI is InChI=1S/C22H29OPS/c1-22(2,3)25-21-17-11-10-16-20(21)23-24(18-12-6-4-7-13-18)19-14-8-5-9-15-19/h4-9,12-15,20-21H,10-11,16-17H2,1-3H3/t20-,21-/m0/s1. The van der Waals surface area contributed by atoms with Gasteiger partial charge in [-0.05, 0) is 12.8 Å². The van der Waals surface area contributed by atoms with Crippen molar-refractivity contribution in [2.45, 2.75) is 62.6 Å². The molecular formula is C22H29OPS. The SMILES string of the molecule is CC(C)(C)S[C@H]1CCCC[C@@H]1OP(c1ccccc1)c1ccccc1. The molecule has 3 heteroatoms. The normalized spacial score (nSPS) is 21.4. The van der Waals surface area contributed by atoms with Crippen LogP contribution in [-0.2, 0) is 4.52 Å². The Hall–Kier alpha value is -0.820. The number of hydrogen-bond donors (Lipinski definition) is 0. The minimum Gasteiger partial charge on any atom is -0.345 e. The highest BCUT2D eigenvalue weighted by Gasteiger charge is 2.32. The minimum atomic E-state index is -0.755. The Morgan fingerprint density at radius 3 is 1.88 bits per heavy atom. The molecule has 0 spiro atoms. The lowest BCUT2D eigenvalue weighted by Crippen LogP contribution is -2.34. The van der Waals surface area contributed by atoms with Gasteiger partial charge in [0.15, 0.2) is 0 Å². The van der Waals surface area contributed by atoms with Crippen LogP contribution in [0, 0.1) is 0 Å². The number of thioether (sulfide) groups is 1. The van der Waals surface area contributed by atoms with Gasteiger partial charge in [0.1, 0.15) is 0 Å².